The molecule has 3 rings (SSSR count). The Kier molecular flexibility index (Phi) is 4.89. The molecule has 2 heterocycles. The lowest BCUT2D eigenvalue weighted by molar-refractivity contribution is 0.0615. The van der Waals surface area contributed by atoms with Gasteiger partial charge in [-0.15, -0.1) is 0 Å². The van der Waals surface area contributed by atoms with Crippen molar-refractivity contribution in [1.29, 1.82) is 0 Å². The van der Waals surface area contributed by atoms with Crippen LogP contribution in [0.4, 0.5) is 0 Å². The fourth-order valence-corrected chi connectivity index (χ4v) is 2.93. The Balaban J connectivity index is 1.94. The molecule has 1 amide bonds. The molecule has 0 aliphatic carbocycles. The second-order valence-electron chi connectivity index (χ2n) is 6.05. The smallest absolute Gasteiger partial charge is 0.292 e. The number of rotatable bonds is 3. The summed E-state index contributed by atoms with van der Waals surface area (Å²) in [6, 6.07) is 7.05. The molecule has 0 radical (unpaired) electrons. The zero-order valence-corrected chi connectivity index (χ0v) is 14.5. The molecule has 24 heavy (non-hydrogen) atoms. The van der Waals surface area contributed by atoms with E-state index in [2.05, 4.69) is 10.1 Å². The fraction of sp³-hybridized carbons (Fsp3) is 0.412. The third-order valence-corrected chi connectivity index (χ3v) is 4.50. The molecule has 128 valence electrons. The number of likely N-dealkylation sites (N-methyl/N-ethyl adjacent to an activating group) is 1. The van der Waals surface area contributed by atoms with Gasteiger partial charge in [-0.2, -0.15) is 0 Å². The molecule has 1 fully saturated rings. The number of piperazine rings is 1. The Morgan fingerprint density at radius 1 is 1.25 bits per heavy atom. The molecule has 0 saturated carbocycles. The molecule has 0 spiro atoms. The third-order valence-electron chi connectivity index (χ3n) is 4.25. The number of halogens is 1. The van der Waals surface area contributed by atoms with Crippen LogP contribution in [0.25, 0.3) is 11.3 Å². The average molecular weight is 350 g/mol. The highest BCUT2D eigenvalue weighted by molar-refractivity contribution is 6.30. The Bertz CT molecular complexity index is 719. The van der Waals surface area contributed by atoms with Crippen molar-refractivity contribution in [1.82, 2.24) is 15.0 Å². The van der Waals surface area contributed by atoms with Crippen molar-refractivity contribution in [3.8, 4) is 11.3 Å². The highest BCUT2D eigenvalue weighted by atomic mass is 35.5. The summed E-state index contributed by atoms with van der Waals surface area (Å²) in [5.74, 6) is -0.119. The maximum atomic E-state index is 12.8. The molecule has 1 aliphatic heterocycles. The van der Waals surface area contributed by atoms with Crippen molar-refractivity contribution < 1.29 is 14.4 Å². The van der Waals surface area contributed by atoms with E-state index in [4.69, 9.17) is 16.1 Å². The average Bonchev–Trinajstić information content (AvgIpc) is 3.01. The predicted octanol–water partition coefficient (Wildman–Crippen LogP) is 2.44. The molecule has 7 heteroatoms. The Morgan fingerprint density at radius 3 is 2.46 bits per heavy atom. The first-order valence-corrected chi connectivity index (χ1v) is 8.26. The highest BCUT2D eigenvalue weighted by Gasteiger charge is 2.30. The minimum atomic E-state index is -0.867. The van der Waals surface area contributed by atoms with Gasteiger partial charge in [-0.1, -0.05) is 28.9 Å². The number of hydrogen-bond acceptors (Lipinski definition) is 5. The summed E-state index contributed by atoms with van der Waals surface area (Å²) in [5.41, 5.74) is 1.64. The number of aliphatic hydroxyl groups excluding tert-OH is 1. The van der Waals surface area contributed by atoms with Crippen LogP contribution < -0.4 is 0 Å². The number of benzene rings is 1. The normalized spacial score (nSPS) is 17.1. The van der Waals surface area contributed by atoms with Crippen LogP contribution >= 0.6 is 11.6 Å². The molecule has 0 bridgehead atoms. The van der Waals surface area contributed by atoms with Crippen LogP contribution in [0.15, 0.2) is 28.8 Å². The van der Waals surface area contributed by atoms with Crippen LogP contribution in [0, 0.1) is 0 Å². The first-order chi connectivity index (χ1) is 11.5. The lowest BCUT2D eigenvalue weighted by atomic mass is 10.0. The van der Waals surface area contributed by atoms with Gasteiger partial charge in [0.15, 0.2) is 0 Å². The molecule has 1 aliphatic rings. The van der Waals surface area contributed by atoms with E-state index in [1.54, 1.807) is 36.1 Å². The predicted molar refractivity (Wildman–Crippen MR) is 91.0 cm³/mol. The maximum absolute atomic E-state index is 12.8. The van der Waals surface area contributed by atoms with E-state index in [1.807, 2.05) is 7.05 Å². The molecule has 0 unspecified atom stereocenters. The van der Waals surface area contributed by atoms with Gasteiger partial charge in [0.1, 0.15) is 5.69 Å². The standard InChI is InChI=1S/C17H20ClN3O3/c1-11(22)14-15(12-3-5-13(18)6-4-12)19-24-16(14)17(23)21-9-7-20(2)8-10-21/h3-6,11,22H,7-10H2,1-2H3/t11-/m0/s1. The van der Waals surface area contributed by atoms with Crippen molar-refractivity contribution in [2.24, 2.45) is 0 Å². The van der Waals surface area contributed by atoms with Gasteiger partial charge in [0.05, 0.1) is 11.7 Å². The minimum Gasteiger partial charge on any atom is -0.388 e. The monoisotopic (exact) mass is 349 g/mol. The summed E-state index contributed by atoms with van der Waals surface area (Å²) in [6.45, 7) is 4.49. The minimum absolute atomic E-state index is 0.111. The van der Waals surface area contributed by atoms with E-state index in [9.17, 15) is 9.90 Å². The lowest BCUT2D eigenvalue weighted by Gasteiger charge is -2.31. The Morgan fingerprint density at radius 2 is 1.88 bits per heavy atom. The first kappa shape index (κ1) is 17.0. The summed E-state index contributed by atoms with van der Waals surface area (Å²) in [7, 11) is 2.02. The van der Waals surface area contributed by atoms with Gasteiger partial charge in [-0.3, -0.25) is 4.79 Å². The number of aliphatic hydroxyl groups is 1. The number of hydrogen-bond donors (Lipinski definition) is 1. The van der Waals surface area contributed by atoms with Crippen molar-refractivity contribution >= 4 is 17.5 Å². The quantitative estimate of drug-likeness (QED) is 0.921. The van der Waals surface area contributed by atoms with Crippen LogP contribution in [-0.4, -0.2) is 59.2 Å². The molecule has 1 aromatic heterocycles. The molecule has 1 aromatic carbocycles. The fourth-order valence-electron chi connectivity index (χ4n) is 2.81. The Hall–Kier alpha value is -1.89. The van der Waals surface area contributed by atoms with Crippen LogP contribution in [-0.2, 0) is 0 Å². The van der Waals surface area contributed by atoms with E-state index >= 15 is 0 Å². The summed E-state index contributed by atoms with van der Waals surface area (Å²) < 4.78 is 5.34. The van der Waals surface area contributed by atoms with Gasteiger partial charge in [0.25, 0.3) is 5.91 Å². The van der Waals surface area contributed by atoms with Gasteiger partial charge < -0.3 is 19.4 Å². The number of carbonyl (C=O) groups excluding carboxylic acids is 1. The van der Waals surface area contributed by atoms with Crippen molar-refractivity contribution in [3.63, 3.8) is 0 Å². The summed E-state index contributed by atoms with van der Waals surface area (Å²) in [6.07, 6.45) is -0.867. The van der Waals surface area contributed by atoms with Crippen LogP contribution in [0.2, 0.25) is 5.02 Å². The van der Waals surface area contributed by atoms with Gasteiger partial charge in [-0.25, -0.2) is 0 Å². The molecule has 1 saturated heterocycles. The van der Waals surface area contributed by atoms with Crippen LogP contribution in [0.1, 0.15) is 29.1 Å². The lowest BCUT2D eigenvalue weighted by Crippen LogP contribution is -2.47. The summed E-state index contributed by atoms with van der Waals surface area (Å²) in [4.78, 5) is 16.7. The van der Waals surface area contributed by atoms with E-state index < -0.39 is 6.10 Å². The van der Waals surface area contributed by atoms with E-state index in [0.717, 1.165) is 18.7 Å². The highest BCUT2D eigenvalue weighted by Crippen LogP contribution is 2.32. The molecular weight excluding hydrogens is 330 g/mol. The van der Waals surface area contributed by atoms with Gasteiger partial charge in [0.2, 0.25) is 5.76 Å². The van der Waals surface area contributed by atoms with E-state index in [0.29, 0.717) is 29.4 Å². The number of amides is 1. The third kappa shape index (κ3) is 3.31. The Labute approximate surface area is 145 Å². The molecule has 1 N–H and O–H groups in total. The number of carbonyl (C=O) groups is 1. The zero-order valence-electron chi connectivity index (χ0n) is 13.7. The molecule has 2 aromatic rings. The van der Waals surface area contributed by atoms with Gasteiger partial charge in [0, 0.05) is 36.8 Å². The number of nitrogens with zero attached hydrogens (tertiary/aromatic N) is 3. The summed E-state index contributed by atoms with van der Waals surface area (Å²) >= 11 is 5.91. The second kappa shape index (κ2) is 6.93. The number of aromatic nitrogens is 1. The van der Waals surface area contributed by atoms with Crippen molar-refractivity contribution in [2.45, 2.75) is 13.0 Å². The molecule has 6 nitrogen and oxygen atoms in total. The van der Waals surface area contributed by atoms with Crippen LogP contribution in [0.5, 0.6) is 0 Å². The molecular formula is C17H20ClN3O3. The van der Waals surface area contributed by atoms with Gasteiger partial charge in [-0.05, 0) is 26.1 Å². The largest absolute Gasteiger partial charge is 0.388 e. The van der Waals surface area contributed by atoms with E-state index in [1.165, 1.54) is 0 Å². The topological polar surface area (TPSA) is 69.8 Å². The maximum Gasteiger partial charge on any atom is 0.292 e. The van der Waals surface area contributed by atoms with Crippen molar-refractivity contribution in [3.05, 3.63) is 40.6 Å². The SMILES string of the molecule is C[C@H](O)c1c(-c2ccc(Cl)cc2)noc1C(=O)N1CCN(C)CC1. The van der Waals surface area contributed by atoms with Crippen molar-refractivity contribution in [2.75, 3.05) is 33.2 Å². The first-order valence-electron chi connectivity index (χ1n) is 7.88. The second-order valence-corrected chi connectivity index (χ2v) is 6.49. The van der Waals surface area contributed by atoms with E-state index in [-0.39, 0.29) is 11.7 Å². The molecule has 1 atom stereocenters. The zero-order chi connectivity index (χ0) is 17.3. The summed E-state index contributed by atoms with van der Waals surface area (Å²) in [5, 5.41) is 14.8. The van der Waals surface area contributed by atoms with Gasteiger partial charge >= 0.3 is 0 Å². The van der Waals surface area contributed by atoms with Crippen LogP contribution in [0.3, 0.4) is 0 Å².